The van der Waals surface area contributed by atoms with Crippen molar-refractivity contribution >= 4 is 22.8 Å². The quantitative estimate of drug-likeness (QED) is 0.641. The molecule has 7 nitrogen and oxygen atoms in total. The van der Waals surface area contributed by atoms with E-state index >= 15 is 0 Å². The molecule has 0 unspecified atom stereocenters. The molecule has 1 saturated heterocycles. The average Bonchev–Trinajstić information content (AvgIpc) is 3.26. The third-order valence-corrected chi connectivity index (χ3v) is 5.34. The second kappa shape index (κ2) is 8.89. The Kier molecular flexibility index (Phi) is 6.04. The number of aromatic hydroxyl groups is 1. The van der Waals surface area contributed by atoms with E-state index in [0.29, 0.717) is 30.4 Å². The summed E-state index contributed by atoms with van der Waals surface area (Å²) in [6, 6.07) is 12.8. The number of aryl methyl sites for hydroxylation is 1. The molecule has 1 aliphatic rings. The number of ether oxygens (including phenoxy) is 1. The molecule has 7 heteroatoms. The first-order valence-electron chi connectivity index (χ1n) is 10.7. The van der Waals surface area contributed by atoms with Gasteiger partial charge in [-0.15, -0.1) is 0 Å². The molecule has 0 aliphatic carbocycles. The summed E-state index contributed by atoms with van der Waals surface area (Å²) in [4.78, 5) is 24.4. The van der Waals surface area contributed by atoms with Crippen molar-refractivity contribution in [3.63, 3.8) is 0 Å². The van der Waals surface area contributed by atoms with E-state index in [0.717, 1.165) is 29.4 Å². The van der Waals surface area contributed by atoms with Crippen molar-refractivity contribution < 1.29 is 14.6 Å². The fourth-order valence-electron chi connectivity index (χ4n) is 3.77. The Labute approximate surface area is 182 Å². The Balaban J connectivity index is 1.89. The molecule has 1 atom stereocenters. The predicted octanol–water partition coefficient (Wildman–Crippen LogP) is 4.27. The van der Waals surface area contributed by atoms with Gasteiger partial charge < -0.3 is 15.2 Å². The lowest BCUT2D eigenvalue weighted by molar-refractivity contribution is 0.138. The first-order chi connectivity index (χ1) is 14.9. The first-order valence-corrected chi connectivity index (χ1v) is 10.7. The minimum Gasteiger partial charge on any atom is -0.507 e. The molecule has 2 N–H and O–H groups in total. The van der Waals surface area contributed by atoms with Crippen LogP contribution in [0, 0.1) is 12.8 Å². The number of nitrogens with one attached hydrogen (secondary N) is 1. The molecular weight excluding hydrogens is 392 g/mol. The lowest BCUT2D eigenvalue weighted by Gasteiger charge is -2.28. The summed E-state index contributed by atoms with van der Waals surface area (Å²) in [5.74, 6) is 1.20. The van der Waals surface area contributed by atoms with Gasteiger partial charge in [0.25, 0.3) is 0 Å². The number of hydrogen-bond donors (Lipinski definition) is 2. The van der Waals surface area contributed by atoms with E-state index in [1.807, 2.05) is 45.0 Å². The van der Waals surface area contributed by atoms with Crippen LogP contribution in [-0.2, 0) is 4.74 Å². The van der Waals surface area contributed by atoms with Crippen molar-refractivity contribution in [1.82, 2.24) is 15.3 Å². The Bertz CT molecular complexity index is 1090. The highest BCUT2D eigenvalue weighted by Gasteiger charge is 2.32. The smallest absolute Gasteiger partial charge is 0.415 e. The monoisotopic (exact) mass is 420 g/mol. The molecule has 1 aliphatic heterocycles. The number of nitrogens with zero attached hydrogens (tertiary/aromatic N) is 3. The average molecular weight is 421 g/mol. The molecule has 31 heavy (non-hydrogen) atoms. The van der Waals surface area contributed by atoms with E-state index in [-0.39, 0.29) is 17.7 Å². The fourth-order valence-corrected chi connectivity index (χ4v) is 3.77. The van der Waals surface area contributed by atoms with E-state index in [9.17, 15) is 9.90 Å². The molecule has 0 spiro atoms. The number of phenols is 1. The van der Waals surface area contributed by atoms with Crippen LogP contribution < -0.4 is 10.2 Å². The highest BCUT2D eigenvalue weighted by molar-refractivity contribution is 6.00. The highest BCUT2D eigenvalue weighted by atomic mass is 16.6. The molecule has 0 saturated carbocycles. The second-order valence-electron chi connectivity index (χ2n) is 8.40. The Morgan fingerprint density at radius 2 is 2.06 bits per heavy atom. The van der Waals surface area contributed by atoms with Gasteiger partial charge in [0.05, 0.1) is 23.7 Å². The highest BCUT2D eigenvalue weighted by Crippen LogP contribution is 2.33. The van der Waals surface area contributed by atoms with Crippen LogP contribution in [-0.4, -0.2) is 46.9 Å². The minimum atomic E-state index is -0.411. The molecule has 1 fully saturated rings. The maximum atomic E-state index is 13.2. The molecule has 2 heterocycles. The zero-order valence-corrected chi connectivity index (χ0v) is 18.1. The van der Waals surface area contributed by atoms with Crippen LogP contribution in [0.2, 0.25) is 0 Å². The third-order valence-electron chi connectivity index (χ3n) is 5.34. The molecule has 2 aromatic carbocycles. The number of para-hydroxylation sites is 1. The van der Waals surface area contributed by atoms with Crippen molar-refractivity contribution in [2.24, 2.45) is 5.92 Å². The van der Waals surface area contributed by atoms with E-state index < -0.39 is 6.09 Å². The van der Waals surface area contributed by atoms with Crippen LogP contribution in [0.25, 0.3) is 22.3 Å². The summed E-state index contributed by atoms with van der Waals surface area (Å²) >= 11 is 0. The number of benzene rings is 2. The van der Waals surface area contributed by atoms with E-state index in [4.69, 9.17) is 14.7 Å². The second-order valence-corrected chi connectivity index (χ2v) is 8.40. The van der Waals surface area contributed by atoms with Gasteiger partial charge in [0, 0.05) is 11.9 Å². The van der Waals surface area contributed by atoms with Gasteiger partial charge in [0.15, 0.2) is 5.82 Å². The molecule has 1 amide bonds. The van der Waals surface area contributed by atoms with Gasteiger partial charge in [0.2, 0.25) is 0 Å². The Morgan fingerprint density at radius 1 is 1.26 bits per heavy atom. The summed E-state index contributed by atoms with van der Waals surface area (Å²) in [7, 11) is 0. The first kappa shape index (κ1) is 21.1. The number of anilines is 1. The molecule has 4 rings (SSSR count). The molecular formula is C24H28N4O3. The molecule has 162 valence electrons. The van der Waals surface area contributed by atoms with Gasteiger partial charge in [-0.05, 0) is 55.6 Å². The Hall–Kier alpha value is -3.19. The number of aromatic nitrogens is 2. The van der Waals surface area contributed by atoms with E-state index in [2.05, 4.69) is 5.32 Å². The van der Waals surface area contributed by atoms with Gasteiger partial charge >= 0.3 is 6.09 Å². The third kappa shape index (κ3) is 4.46. The SMILES string of the molecule is Cc1ccc2c(N(C(=O)OCC(C)C)[C@@H]3CCNC3)nc(-c3ccccc3O)nc2c1. The van der Waals surface area contributed by atoms with Crippen molar-refractivity contribution in [2.45, 2.75) is 33.2 Å². The molecule has 1 aromatic heterocycles. The van der Waals surface area contributed by atoms with Crippen molar-refractivity contribution in [1.29, 1.82) is 0 Å². The van der Waals surface area contributed by atoms with Gasteiger partial charge in [-0.1, -0.05) is 32.0 Å². The zero-order chi connectivity index (χ0) is 22.0. The van der Waals surface area contributed by atoms with Gasteiger partial charge in [0.1, 0.15) is 11.6 Å². The molecule has 0 bridgehead atoms. The number of amides is 1. The van der Waals surface area contributed by atoms with E-state index in [1.54, 1.807) is 23.1 Å². The lowest BCUT2D eigenvalue weighted by Crippen LogP contribution is -2.43. The van der Waals surface area contributed by atoms with Crippen LogP contribution in [0.3, 0.4) is 0 Å². The fraction of sp³-hybridized carbons (Fsp3) is 0.375. The van der Waals surface area contributed by atoms with Gasteiger partial charge in [-0.2, -0.15) is 0 Å². The largest absolute Gasteiger partial charge is 0.507 e. The number of fused-ring (bicyclic) bond motifs is 1. The summed E-state index contributed by atoms with van der Waals surface area (Å²) in [6.07, 6.45) is 0.395. The maximum absolute atomic E-state index is 13.2. The van der Waals surface area contributed by atoms with Crippen LogP contribution in [0.1, 0.15) is 25.8 Å². The van der Waals surface area contributed by atoms with Crippen molar-refractivity contribution in [3.8, 4) is 17.1 Å². The zero-order valence-electron chi connectivity index (χ0n) is 18.1. The summed E-state index contributed by atoms with van der Waals surface area (Å²) < 4.78 is 5.62. The van der Waals surface area contributed by atoms with Crippen LogP contribution >= 0.6 is 0 Å². The number of hydrogen-bond acceptors (Lipinski definition) is 6. The molecule has 3 aromatic rings. The van der Waals surface area contributed by atoms with Gasteiger partial charge in [-0.3, -0.25) is 4.90 Å². The number of carbonyl (C=O) groups excluding carboxylic acids is 1. The predicted molar refractivity (Wildman–Crippen MR) is 121 cm³/mol. The van der Waals surface area contributed by atoms with Crippen molar-refractivity contribution in [3.05, 3.63) is 48.0 Å². The lowest BCUT2D eigenvalue weighted by atomic mass is 10.1. The summed E-state index contributed by atoms with van der Waals surface area (Å²) in [5, 5.41) is 14.5. The number of rotatable bonds is 5. The molecule has 0 radical (unpaired) electrons. The maximum Gasteiger partial charge on any atom is 0.415 e. The summed E-state index contributed by atoms with van der Waals surface area (Å²) in [5.41, 5.74) is 2.29. The van der Waals surface area contributed by atoms with Gasteiger partial charge in [-0.25, -0.2) is 14.8 Å². The number of carbonyl (C=O) groups is 1. The topological polar surface area (TPSA) is 87.6 Å². The standard InChI is InChI=1S/C24H28N4O3/c1-15(2)14-31-24(30)28(17-10-11-25-13-17)23-18-9-8-16(3)12-20(18)26-22(27-23)19-6-4-5-7-21(19)29/h4-9,12,15,17,25,29H,10-11,13-14H2,1-3H3/t17-/m1/s1. The summed E-state index contributed by atoms with van der Waals surface area (Å²) in [6.45, 7) is 7.84. The number of phenolic OH excluding ortho intramolecular Hbond substituents is 1. The minimum absolute atomic E-state index is 0.0729. The van der Waals surface area contributed by atoms with Crippen LogP contribution in [0.15, 0.2) is 42.5 Å². The normalized spacial score (nSPS) is 16.1. The Morgan fingerprint density at radius 3 is 2.77 bits per heavy atom. The van der Waals surface area contributed by atoms with E-state index in [1.165, 1.54) is 0 Å². The van der Waals surface area contributed by atoms with Crippen molar-refractivity contribution in [2.75, 3.05) is 24.6 Å². The van der Waals surface area contributed by atoms with Crippen LogP contribution in [0.5, 0.6) is 5.75 Å². The van der Waals surface area contributed by atoms with Crippen LogP contribution in [0.4, 0.5) is 10.6 Å².